The molecule has 1 aliphatic heterocycles. The van der Waals surface area contributed by atoms with Crippen molar-refractivity contribution in [2.75, 3.05) is 17.3 Å². The molecule has 188 valence electrons. The Hall–Kier alpha value is -4.37. The summed E-state index contributed by atoms with van der Waals surface area (Å²) in [4.78, 5) is 18.7. The lowest BCUT2D eigenvalue weighted by Gasteiger charge is -2.29. The maximum absolute atomic E-state index is 12.0. The average molecular weight is 514 g/mol. The highest BCUT2D eigenvalue weighted by Gasteiger charge is 2.42. The minimum Gasteiger partial charge on any atom is -0.508 e. The number of anilines is 2. The number of methoxy groups -OCH3 is 1. The van der Waals surface area contributed by atoms with Crippen LogP contribution in [0.15, 0.2) is 85.2 Å². The molecular formula is C28H27N5O3S. The van der Waals surface area contributed by atoms with Gasteiger partial charge in [-0.2, -0.15) is 0 Å². The monoisotopic (exact) mass is 513 g/mol. The molecule has 5 rings (SSSR count). The van der Waals surface area contributed by atoms with Crippen LogP contribution in [0.5, 0.6) is 11.5 Å². The lowest BCUT2D eigenvalue weighted by molar-refractivity contribution is -0.115. The first-order valence-corrected chi connectivity index (χ1v) is 12.4. The molecule has 3 heterocycles. The normalized spacial score (nSPS) is 16.9. The van der Waals surface area contributed by atoms with Crippen LogP contribution in [-0.4, -0.2) is 32.8 Å². The molecule has 0 radical (unpaired) electrons. The number of benzene rings is 2. The summed E-state index contributed by atoms with van der Waals surface area (Å²) in [6.45, 7) is 1.80. The Balaban J connectivity index is 1.62. The summed E-state index contributed by atoms with van der Waals surface area (Å²) in [6, 6.07) is 22.1. The quantitative estimate of drug-likeness (QED) is 0.296. The molecule has 0 unspecified atom stereocenters. The van der Waals surface area contributed by atoms with E-state index < -0.39 is 0 Å². The van der Waals surface area contributed by atoms with E-state index >= 15 is 0 Å². The van der Waals surface area contributed by atoms with E-state index in [2.05, 4.69) is 31.2 Å². The van der Waals surface area contributed by atoms with Gasteiger partial charge in [0.25, 0.3) is 0 Å². The van der Waals surface area contributed by atoms with Gasteiger partial charge in [-0.05, 0) is 72.9 Å². The predicted octanol–water partition coefficient (Wildman–Crippen LogP) is 5.11. The molecular weight excluding hydrogens is 486 g/mol. The molecule has 0 aliphatic carbocycles. The van der Waals surface area contributed by atoms with Gasteiger partial charge in [0.15, 0.2) is 5.11 Å². The Morgan fingerprint density at radius 3 is 2.59 bits per heavy atom. The number of pyridine rings is 1. The smallest absolute Gasteiger partial charge is 0.224 e. The zero-order valence-corrected chi connectivity index (χ0v) is 21.3. The first-order chi connectivity index (χ1) is 18.0. The molecule has 2 aromatic carbocycles. The maximum Gasteiger partial charge on any atom is 0.224 e. The summed E-state index contributed by atoms with van der Waals surface area (Å²) >= 11 is 5.86. The van der Waals surface area contributed by atoms with Gasteiger partial charge < -0.3 is 29.9 Å². The fourth-order valence-electron chi connectivity index (χ4n) is 4.59. The van der Waals surface area contributed by atoms with Gasteiger partial charge >= 0.3 is 0 Å². The summed E-state index contributed by atoms with van der Waals surface area (Å²) in [6.07, 6.45) is 4.13. The third kappa shape index (κ3) is 4.73. The minimum atomic E-state index is -0.257. The van der Waals surface area contributed by atoms with Crippen LogP contribution in [0.25, 0.3) is 5.69 Å². The first kappa shape index (κ1) is 24.3. The number of nitrogens with zero attached hydrogens (tertiary/aromatic N) is 3. The fourth-order valence-corrected chi connectivity index (χ4v) is 4.93. The molecule has 8 nitrogen and oxygen atoms in total. The second-order valence-corrected chi connectivity index (χ2v) is 8.99. The summed E-state index contributed by atoms with van der Waals surface area (Å²) < 4.78 is 7.70. The van der Waals surface area contributed by atoms with Crippen LogP contribution in [-0.2, 0) is 4.79 Å². The van der Waals surface area contributed by atoms with E-state index in [9.17, 15) is 9.90 Å². The number of phenolic OH excluding ortho intramolecular Hbond substituents is 1. The van der Waals surface area contributed by atoms with E-state index in [1.54, 1.807) is 32.4 Å². The Morgan fingerprint density at radius 2 is 1.89 bits per heavy atom. The number of carbonyl (C=O) groups excluding carboxylic acids is 1. The molecule has 37 heavy (non-hydrogen) atoms. The minimum absolute atomic E-state index is 0.0933. The second-order valence-electron chi connectivity index (χ2n) is 8.60. The predicted molar refractivity (Wildman–Crippen MR) is 147 cm³/mol. The number of aromatic nitrogens is 2. The van der Waals surface area contributed by atoms with Crippen molar-refractivity contribution in [1.82, 2.24) is 14.9 Å². The number of thiocarbonyl (C=S) groups is 1. The lowest BCUT2D eigenvalue weighted by atomic mass is 10.0. The van der Waals surface area contributed by atoms with Crippen LogP contribution in [0.4, 0.5) is 11.4 Å². The molecule has 3 N–H and O–H groups in total. The van der Waals surface area contributed by atoms with Crippen LogP contribution in [0, 0.1) is 0 Å². The van der Waals surface area contributed by atoms with Gasteiger partial charge in [-0.1, -0.05) is 13.0 Å². The second kappa shape index (κ2) is 10.3. The number of carbonyl (C=O) groups is 1. The zero-order valence-electron chi connectivity index (χ0n) is 20.5. The highest BCUT2D eigenvalue weighted by Crippen LogP contribution is 2.44. The Kier molecular flexibility index (Phi) is 6.78. The van der Waals surface area contributed by atoms with Gasteiger partial charge in [-0.3, -0.25) is 9.78 Å². The maximum atomic E-state index is 12.0. The van der Waals surface area contributed by atoms with E-state index in [-0.39, 0.29) is 23.7 Å². The molecule has 1 fully saturated rings. The highest BCUT2D eigenvalue weighted by atomic mass is 32.1. The van der Waals surface area contributed by atoms with Gasteiger partial charge in [0.1, 0.15) is 17.5 Å². The van der Waals surface area contributed by atoms with Gasteiger partial charge in [-0.25, -0.2) is 0 Å². The molecule has 0 saturated carbocycles. The van der Waals surface area contributed by atoms with E-state index in [0.29, 0.717) is 23.0 Å². The number of phenols is 1. The van der Waals surface area contributed by atoms with Crippen molar-refractivity contribution in [3.05, 3.63) is 96.6 Å². The van der Waals surface area contributed by atoms with E-state index in [1.165, 1.54) is 0 Å². The number of aromatic hydroxyl groups is 1. The molecule has 4 aromatic rings. The number of amides is 1. The van der Waals surface area contributed by atoms with Crippen LogP contribution in [0.2, 0.25) is 0 Å². The van der Waals surface area contributed by atoms with Crippen molar-refractivity contribution in [2.45, 2.75) is 25.4 Å². The Morgan fingerprint density at radius 1 is 1.11 bits per heavy atom. The van der Waals surface area contributed by atoms with Crippen LogP contribution in [0.3, 0.4) is 0 Å². The summed E-state index contributed by atoms with van der Waals surface area (Å²) in [7, 11) is 1.57. The summed E-state index contributed by atoms with van der Waals surface area (Å²) in [5.41, 5.74) is 4.16. The van der Waals surface area contributed by atoms with Gasteiger partial charge in [0.05, 0.1) is 24.5 Å². The first-order valence-electron chi connectivity index (χ1n) is 12.0. The highest BCUT2D eigenvalue weighted by molar-refractivity contribution is 7.80. The third-order valence-electron chi connectivity index (χ3n) is 6.37. The lowest BCUT2D eigenvalue weighted by Crippen LogP contribution is -2.30. The standard InChI is InChI=1S/C28H27N5O3S/c1-3-25(35)30-21-14-11-19(17-24(21)36-2)33-27(26(31-28(33)37)22-7-4-5-15-29-22)23-8-6-16-32(23)18-9-12-20(34)13-10-18/h4-17,26-27,34H,3H2,1-2H3,(H,30,35)(H,31,37)/t26-,27-/m1/s1. The zero-order chi connectivity index (χ0) is 25.9. The topological polar surface area (TPSA) is 91.7 Å². The summed E-state index contributed by atoms with van der Waals surface area (Å²) in [5.74, 6) is 0.650. The number of hydrogen-bond donors (Lipinski definition) is 3. The molecule has 1 saturated heterocycles. The molecule has 9 heteroatoms. The van der Waals surface area contributed by atoms with Crippen molar-refractivity contribution < 1.29 is 14.6 Å². The Bertz CT molecular complexity index is 1420. The van der Waals surface area contributed by atoms with Gasteiger partial charge in [-0.15, -0.1) is 0 Å². The van der Waals surface area contributed by atoms with Crippen LogP contribution in [0.1, 0.15) is 36.8 Å². The Labute approximate surface area is 220 Å². The van der Waals surface area contributed by atoms with E-state index in [1.807, 2.05) is 60.8 Å². The molecule has 2 aromatic heterocycles. The van der Waals surface area contributed by atoms with Crippen molar-refractivity contribution in [1.29, 1.82) is 0 Å². The number of ether oxygens (including phenoxy) is 1. The SMILES string of the molecule is CCC(=O)Nc1ccc(N2C(=S)N[C@H](c3ccccn3)[C@H]2c2cccn2-c2ccc(O)cc2)cc1OC. The average Bonchev–Trinajstić information content (AvgIpc) is 3.54. The number of rotatable bonds is 7. The van der Waals surface area contributed by atoms with Gasteiger partial charge in [0, 0.05) is 41.9 Å². The number of hydrogen-bond acceptors (Lipinski definition) is 5. The molecule has 2 atom stereocenters. The van der Waals surface area contributed by atoms with Crippen molar-refractivity contribution in [3.8, 4) is 17.2 Å². The number of nitrogens with one attached hydrogen (secondary N) is 2. The van der Waals surface area contributed by atoms with Crippen molar-refractivity contribution >= 4 is 34.6 Å². The molecule has 1 aliphatic rings. The van der Waals surface area contributed by atoms with Gasteiger partial charge in [0.2, 0.25) is 5.91 Å². The van der Waals surface area contributed by atoms with Crippen LogP contribution >= 0.6 is 12.2 Å². The van der Waals surface area contributed by atoms with Crippen molar-refractivity contribution in [2.24, 2.45) is 0 Å². The summed E-state index contributed by atoms with van der Waals surface area (Å²) in [5, 5.41) is 16.7. The van der Waals surface area contributed by atoms with E-state index in [4.69, 9.17) is 17.0 Å². The van der Waals surface area contributed by atoms with Crippen LogP contribution < -0.4 is 20.3 Å². The largest absolute Gasteiger partial charge is 0.508 e. The van der Waals surface area contributed by atoms with E-state index in [0.717, 1.165) is 22.8 Å². The fraction of sp³-hybridized carbons (Fsp3) is 0.179. The van der Waals surface area contributed by atoms with Crippen molar-refractivity contribution in [3.63, 3.8) is 0 Å². The molecule has 0 bridgehead atoms. The molecule has 1 amide bonds. The third-order valence-corrected chi connectivity index (χ3v) is 6.68. The molecule has 0 spiro atoms.